The summed E-state index contributed by atoms with van der Waals surface area (Å²) in [6, 6.07) is 5.34. The van der Waals surface area contributed by atoms with E-state index in [2.05, 4.69) is 16.5 Å². The highest BCUT2D eigenvalue weighted by Crippen LogP contribution is 2.28. The first-order valence-corrected chi connectivity index (χ1v) is 7.73. The number of rotatable bonds is 7. The van der Waals surface area contributed by atoms with Crippen LogP contribution in [0.1, 0.15) is 25.5 Å². The van der Waals surface area contributed by atoms with Crippen LogP contribution in [0.25, 0.3) is 0 Å². The maximum atomic E-state index is 14.0. The third kappa shape index (κ3) is 3.89. The lowest BCUT2D eigenvalue weighted by Gasteiger charge is -2.25. The van der Waals surface area contributed by atoms with Gasteiger partial charge in [0.15, 0.2) is 0 Å². The summed E-state index contributed by atoms with van der Waals surface area (Å²) >= 11 is 1.80. The van der Waals surface area contributed by atoms with Crippen molar-refractivity contribution >= 4 is 17.4 Å². The second kappa shape index (κ2) is 7.64. The van der Waals surface area contributed by atoms with Gasteiger partial charge in [-0.15, -0.1) is 0 Å². The van der Waals surface area contributed by atoms with Gasteiger partial charge in [0, 0.05) is 36.6 Å². The van der Waals surface area contributed by atoms with Crippen LogP contribution >= 0.6 is 11.8 Å². The number of hydrogen-bond acceptors (Lipinski definition) is 3. The highest BCUT2D eigenvalue weighted by Gasteiger charge is 2.17. The quantitative estimate of drug-likeness (QED) is 0.818. The third-order valence-corrected chi connectivity index (χ3v) is 3.61. The van der Waals surface area contributed by atoms with Gasteiger partial charge in [0.2, 0.25) is 0 Å². The van der Waals surface area contributed by atoms with Gasteiger partial charge in [0.1, 0.15) is 5.82 Å². The van der Waals surface area contributed by atoms with Crippen molar-refractivity contribution in [2.24, 2.45) is 0 Å². The summed E-state index contributed by atoms with van der Waals surface area (Å²) in [5.41, 5.74) is 1.75. The van der Waals surface area contributed by atoms with Crippen LogP contribution in [0, 0.1) is 5.82 Å². The first-order valence-electron chi connectivity index (χ1n) is 6.33. The van der Waals surface area contributed by atoms with Gasteiger partial charge in [-0.1, -0.05) is 13.0 Å². The highest BCUT2D eigenvalue weighted by molar-refractivity contribution is 7.98. The van der Waals surface area contributed by atoms with E-state index >= 15 is 0 Å². The molecule has 0 fully saturated rings. The molecule has 0 bridgehead atoms. The van der Waals surface area contributed by atoms with Crippen molar-refractivity contribution in [2.75, 3.05) is 37.0 Å². The minimum absolute atomic E-state index is 0.0305. The molecule has 0 amide bonds. The van der Waals surface area contributed by atoms with Crippen molar-refractivity contribution in [3.63, 3.8) is 0 Å². The molecule has 1 aromatic rings. The van der Waals surface area contributed by atoms with Gasteiger partial charge in [0.25, 0.3) is 0 Å². The number of anilines is 1. The van der Waals surface area contributed by atoms with Gasteiger partial charge in [-0.2, -0.15) is 11.8 Å². The molecule has 0 aliphatic carbocycles. The van der Waals surface area contributed by atoms with Crippen molar-refractivity contribution in [1.82, 2.24) is 5.32 Å². The second-order valence-corrected chi connectivity index (χ2v) is 5.35. The molecular formula is C14H23FN2S. The Labute approximate surface area is 114 Å². The van der Waals surface area contributed by atoms with Crippen molar-refractivity contribution in [3.05, 3.63) is 29.6 Å². The van der Waals surface area contributed by atoms with Crippen LogP contribution in [0.2, 0.25) is 0 Å². The first-order chi connectivity index (χ1) is 8.61. The van der Waals surface area contributed by atoms with Crippen molar-refractivity contribution in [2.45, 2.75) is 19.9 Å². The molecule has 1 unspecified atom stereocenters. The molecule has 18 heavy (non-hydrogen) atoms. The number of nitrogens with zero attached hydrogens (tertiary/aromatic N) is 1. The predicted octanol–water partition coefficient (Wildman–Crippen LogP) is 3.30. The summed E-state index contributed by atoms with van der Waals surface area (Å²) in [6.07, 6.45) is 2.08. The van der Waals surface area contributed by atoms with Gasteiger partial charge in [0.05, 0.1) is 0 Å². The van der Waals surface area contributed by atoms with Gasteiger partial charge >= 0.3 is 0 Å². The van der Waals surface area contributed by atoms with E-state index in [-0.39, 0.29) is 11.9 Å². The Morgan fingerprint density at radius 2 is 2.17 bits per heavy atom. The molecule has 0 aliphatic heterocycles. The number of thioether (sulfide) groups is 1. The Hall–Kier alpha value is -0.740. The zero-order valence-corrected chi connectivity index (χ0v) is 12.5. The minimum atomic E-state index is -0.128. The molecule has 102 valence electrons. The van der Waals surface area contributed by atoms with Gasteiger partial charge in [-0.25, -0.2) is 4.39 Å². The first kappa shape index (κ1) is 15.3. The topological polar surface area (TPSA) is 15.3 Å². The van der Waals surface area contributed by atoms with Crippen LogP contribution < -0.4 is 10.2 Å². The fourth-order valence-corrected chi connectivity index (χ4v) is 2.50. The second-order valence-electron chi connectivity index (χ2n) is 4.37. The minimum Gasteiger partial charge on any atom is -0.373 e. The number of benzene rings is 1. The lowest BCUT2D eigenvalue weighted by molar-refractivity contribution is 0.540. The molecule has 1 aromatic carbocycles. The van der Waals surface area contributed by atoms with E-state index in [0.29, 0.717) is 0 Å². The molecule has 0 aromatic heterocycles. The van der Waals surface area contributed by atoms with E-state index < -0.39 is 0 Å². The van der Waals surface area contributed by atoms with E-state index in [0.717, 1.165) is 30.1 Å². The van der Waals surface area contributed by atoms with E-state index in [1.54, 1.807) is 17.8 Å². The molecule has 0 heterocycles. The summed E-state index contributed by atoms with van der Waals surface area (Å²) in [6.45, 7) is 5.81. The van der Waals surface area contributed by atoms with Crippen LogP contribution in [0.15, 0.2) is 18.2 Å². The monoisotopic (exact) mass is 270 g/mol. The molecule has 2 nitrogen and oxygen atoms in total. The molecule has 4 heteroatoms. The highest BCUT2D eigenvalue weighted by atomic mass is 32.2. The van der Waals surface area contributed by atoms with Crippen LogP contribution in [0.5, 0.6) is 0 Å². The fourth-order valence-electron chi connectivity index (χ4n) is 2.04. The smallest absolute Gasteiger partial charge is 0.130 e. The molecule has 1 rings (SSSR count). The summed E-state index contributed by atoms with van der Waals surface area (Å²) in [5.74, 6) is 0.916. The molecule has 1 atom stereocenters. The summed E-state index contributed by atoms with van der Waals surface area (Å²) in [7, 11) is 2.02. The molecular weight excluding hydrogens is 247 g/mol. The van der Waals surface area contributed by atoms with E-state index in [9.17, 15) is 4.39 Å². The molecule has 0 saturated carbocycles. The van der Waals surface area contributed by atoms with Gasteiger partial charge in [-0.3, -0.25) is 0 Å². The molecule has 0 spiro atoms. The molecule has 1 N–H and O–H groups in total. The van der Waals surface area contributed by atoms with Crippen LogP contribution in [0.4, 0.5) is 10.1 Å². The van der Waals surface area contributed by atoms with Crippen molar-refractivity contribution in [3.8, 4) is 0 Å². The molecule has 0 radical (unpaired) electrons. The van der Waals surface area contributed by atoms with E-state index in [1.807, 2.05) is 27.0 Å². The number of hydrogen-bond donors (Lipinski definition) is 1. The largest absolute Gasteiger partial charge is 0.373 e. The lowest BCUT2D eigenvalue weighted by atomic mass is 10.0. The molecule has 0 saturated heterocycles. The Morgan fingerprint density at radius 3 is 2.78 bits per heavy atom. The molecule has 0 aliphatic rings. The predicted molar refractivity (Wildman–Crippen MR) is 80.1 cm³/mol. The van der Waals surface area contributed by atoms with Crippen LogP contribution in [-0.2, 0) is 0 Å². The maximum Gasteiger partial charge on any atom is 0.130 e. The summed E-state index contributed by atoms with van der Waals surface area (Å²) in [4.78, 5) is 2.13. The average molecular weight is 270 g/mol. The van der Waals surface area contributed by atoms with Crippen LogP contribution in [-0.4, -0.2) is 32.1 Å². The maximum absolute atomic E-state index is 14.0. The zero-order valence-electron chi connectivity index (χ0n) is 11.7. The Kier molecular flexibility index (Phi) is 6.50. The Bertz CT molecular complexity index is 371. The fraction of sp³-hybridized carbons (Fsp3) is 0.571. The standard InChI is InChI=1S/C14H23FN2S/c1-5-16-11(2)14-12(15)7-6-8-13(14)17(3)9-10-18-4/h6-8,11,16H,5,9-10H2,1-4H3. The Morgan fingerprint density at radius 1 is 1.44 bits per heavy atom. The SMILES string of the molecule is CCNC(C)c1c(F)cccc1N(C)CCSC. The van der Waals surface area contributed by atoms with Crippen LogP contribution in [0.3, 0.4) is 0 Å². The average Bonchev–Trinajstić information content (AvgIpc) is 2.35. The van der Waals surface area contributed by atoms with Gasteiger partial charge < -0.3 is 10.2 Å². The normalized spacial score (nSPS) is 12.5. The van der Waals surface area contributed by atoms with Gasteiger partial charge in [-0.05, 0) is 31.9 Å². The van der Waals surface area contributed by atoms with E-state index in [4.69, 9.17) is 0 Å². The zero-order chi connectivity index (χ0) is 13.5. The number of halogens is 1. The number of nitrogens with one attached hydrogen (secondary N) is 1. The Balaban J connectivity index is 2.99. The third-order valence-electron chi connectivity index (χ3n) is 3.02. The lowest BCUT2D eigenvalue weighted by Crippen LogP contribution is -2.26. The van der Waals surface area contributed by atoms with E-state index in [1.165, 1.54) is 6.07 Å². The summed E-state index contributed by atoms with van der Waals surface area (Å²) in [5, 5.41) is 3.28. The van der Waals surface area contributed by atoms with Crippen molar-refractivity contribution in [1.29, 1.82) is 0 Å². The summed E-state index contributed by atoms with van der Waals surface area (Å²) < 4.78 is 14.0. The van der Waals surface area contributed by atoms with Crippen molar-refractivity contribution < 1.29 is 4.39 Å².